The largest absolute Gasteiger partial charge is 0.255 e. The van der Waals surface area contributed by atoms with E-state index in [2.05, 4.69) is 35.7 Å². The fourth-order valence-electron chi connectivity index (χ4n) is 1.63. The summed E-state index contributed by atoms with van der Waals surface area (Å²) in [5.74, 6) is 0.385. The summed E-state index contributed by atoms with van der Waals surface area (Å²) >= 11 is 0. The van der Waals surface area contributed by atoms with Crippen molar-refractivity contribution < 1.29 is 0 Å². The van der Waals surface area contributed by atoms with E-state index >= 15 is 0 Å². The first-order chi connectivity index (χ1) is 7.22. The standard InChI is InChI=1S/C12H15N3/c1-4-9-7-10-12(14-6-5-13-10)11(15-9)8(2)3/h5-8H,4H2,1-3H3. The van der Waals surface area contributed by atoms with E-state index < -0.39 is 0 Å². The molecule has 3 nitrogen and oxygen atoms in total. The second kappa shape index (κ2) is 3.93. The van der Waals surface area contributed by atoms with Gasteiger partial charge in [0, 0.05) is 18.1 Å². The number of hydrogen-bond donors (Lipinski definition) is 0. The summed E-state index contributed by atoms with van der Waals surface area (Å²) in [6.07, 6.45) is 4.39. The van der Waals surface area contributed by atoms with Gasteiger partial charge < -0.3 is 0 Å². The van der Waals surface area contributed by atoms with E-state index in [0.29, 0.717) is 5.92 Å². The highest BCUT2D eigenvalue weighted by molar-refractivity contribution is 5.76. The zero-order valence-electron chi connectivity index (χ0n) is 9.36. The third-order valence-electron chi connectivity index (χ3n) is 2.45. The Bertz CT molecular complexity index is 477. The second-order valence-corrected chi connectivity index (χ2v) is 3.93. The van der Waals surface area contributed by atoms with Crippen molar-refractivity contribution in [3.05, 3.63) is 29.8 Å². The van der Waals surface area contributed by atoms with Crippen molar-refractivity contribution in [2.75, 3.05) is 0 Å². The lowest BCUT2D eigenvalue weighted by Crippen LogP contribution is -2.00. The predicted octanol–water partition coefficient (Wildman–Crippen LogP) is 2.71. The first-order valence-corrected chi connectivity index (χ1v) is 5.33. The first-order valence-electron chi connectivity index (χ1n) is 5.33. The van der Waals surface area contributed by atoms with Gasteiger partial charge in [0.15, 0.2) is 0 Å². The van der Waals surface area contributed by atoms with Gasteiger partial charge in [0.2, 0.25) is 0 Å². The maximum atomic E-state index is 4.62. The molecule has 3 heteroatoms. The molecule has 0 saturated carbocycles. The molecule has 0 aliphatic carbocycles. The Kier molecular flexibility index (Phi) is 2.62. The van der Waals surface area contributed by atoms with Crippen LogP contribution in [0.15, 0.2) is 18.5 Å². The van der Waals surface area contributed by atoms with Gasteiger partial charge in [-0.2, -0.15) is 0 Å². The van der Waals surface area contributed by atoms with Gasteiger partial charge >= 0.3 is 0 Å². The molecule has 78 valence electrons. The maximum Gasteiger partial charge on any atom is 0.110 e. The van der Waals surface area contributed by atoms with E-state index in [1.165, 1.54) is 0 Å². The zero-order chi connectivity index (χ0) is 10.8. The van der Waals surface area contributed by atoms with Gasteiger partial charge in [-0.05, 0) is 18.4 Å². The van der Waals surface area contributed by atoms with Crippen LogP contribution in [0.2, 0.25) is 0 Å². The van der Waals surface area contributed by atoms with Crippen molar-refractivity contribution in [3.63, 3.8) is 0 Å². The molecule has 0 aliphatic rings. The predicted molar refractivity (Wildman–Crippen MR) is 60.8 cm³/mol. The fourth-order valence-corrected chi connectivity index (χ4v) is 1.63. The van der Waals surface area contributed by atoms with Crippen LogP contribution < -0.4 is 0 Å². The third-order valence-corrected chi connectivity index (χ3v) is 2.45. The molecule has 0 spiro atoms. The Morgan fingerprint density at radius 3 is 2.60 bits per heavy atom. The number of aryl methyl sites for hydroxylation is 1. The normalized spacial score (nSPS) is 11.2. The SMILES string of the molecule is CCc1cc2nccnc2c(C(C)C)n1. The van der Waals surface area contributed by atoms with Gasteiger partial charge in [0.05, 0.1) is 11.2 Å². The van der Waals surface area contributed by atoms with Crippen molar-refractivity contribution in [2.24, 2.45) is 0 Å². The molecular weight excluding hydrogens is 186 g/mol. The van der Waals surface area contributed by atoms with Crippen molar-refractivity contribution in [1.82, 2.24) is 15.0 Å². The molecule has 0 saturated heterocycles. The van der Waals surface area contributed by atoms with Gasteiger partial charge in [-0.1, -0.05) is 20.8 Å². The molecule has 0 N–H and O–H groups in total. The molecule has 0 radical (unpaired) electrons. The summed E-state index contributed by atoms with van der Waals surface area (Å²) in [4.78, 5) is 13.3. The molecule has 0 fully saturated rings. The summed E-state index contributed by atoms with van der Waals surface area (Å²) in [7, 11) is 0. The van der Waals surface area contributed by atoms with E-state index in [9.17, 15) is 0 Å². The summed E-state index contributed by atoms with van der Waals surface area (Å²) in [5, 5.41) is 0. The monoisotopic (exact) mass is 201 g/mol. The van der Waals surface area contributed by atoms with Gasteiger partial charge in [0.25, 0.3) is 0 Å². The molecule has 0 bridgehead atoms. The zero-order valence-corrected chi connectivity index (χ0v) is 9.36. The fraction of sp³-hybridized carbons (Fsp3) is 0.417. The van der Waals surface area contributed by atoms with Crippen LogP contribution in [0, 0.1) is 0 Å². The molecule has 0 amide bonds. The van der Waals surface area contributed by atoms with Crippen molar-refractivity contribution in [3.8, 4) is 0 Å². The Morgan fingerprint density at radius 1 is 1.20 bits per heavy atom. The minimum absolute atomic E-state index is 0.385. The van der Waals surface area contributed by atoms with Gasteiger partial charge in [-0.3, -0.25) is 15.0 Å². The minimum Gasteiger partial charge on any atom is -0.255 e. The molecule has 2 rings (SSSR count). The smallest absolute Gasteiger partial charge is 0.110 e. The van der Waals surface area contributed by atoms with E-state index in [4.69, 9.17) is 0 Å². The quantitative estimate of drug-likeness (QED) is 0.749. The Balaban J connectivity index is 2.74. The van der Waals surface area contributed by atoms with Crippen LogP contribution in [0.25, 0.3) is 11.0 Å². The maximum absolute atomic E-state index is 4.62. The van der Waals surface area contributed by atoms with Gasteiger partial charge in [0.1, 0.15) is 5.52 Å². The lowest BCUT2D eigenvalue weighted by molar-refractivity contribution is 0.814. The Morgan fingerprint density at radius 2 is 1.93 bits per heavy atom. The number of pyridine rings is 1. The van der Waals surface area contributed by atoms with Crippen LogP contribution in [-0.2, 0) is 6.42 Å². The molecule has 2 aromatic rings. The summed E-state index contributed by atoms with van der Waals surface area (Å²) in [6.45, 7) is 6.38. The Labute approximate surface area is 89.6 Å². The second-order valence-electron chi connectivity index (χ2n) is 3.93. The molecular formula is C12H15N3. The van der Waals surface area contributed by atoms with Crippen molar-refractivity contribution in [1.29, 1.82) is 0 Å². The third kappa shape index (κ3) is 1.82. The van der Waals surface area contributed by atoms with E-state index in [1.807, 2.05) is 6.07 Å². The number of nitrogens with zero attached hydrogens (tertiary/aromatic N) is 3. The lowest BCUT2D eigenvalue weighted by atomic mass is 10.1. The van der Waals surface area contributed by atoms with Gasteiger partial charge in [-0.25, -0.2) is 0 Å². The summed E-state index contributed by atoms with van der Waals surface area (Å²) in [5.41, 5.74) is 4.03. The van der Waals surface area contributed by atoms with Crippen LogP contribution in [0.1, 0.15) is 38.1 Å². The average molecular weight is 201 g/mol. The van der Waals surface area contributed by atoms with Crippen LogP contribution in [-0.4, -0.2) is 15.0 Å². The summed E-state index contributed by atoms with van der Waals surface area (Å²) in [6, 6.07) is 2.02. The van der Waals surface area contributed by atoms with Crippen molar-refractivity contribution in [2.45, 2.75) is 33.1 Å². The molecule has 0 aliphatic heterocycles. The molecule has 0 atom stereocenters. The summed E-state index contributed by atoms with van der Waals surface area (Å²) < 4.78 is 0. The highest BCUT2D eigenvalue weighted by atomic mass is 14.8. The number of aromatic nitrogens is 3. The highest BCUT2D eigenvalue weighted by Crippen LogP contribution is 2.21. The first kappa shape index (κ1) is 10.0. The molecule has 2 heterocycles. The molecule has 15 heavy (non-hydrogen) atoms. The number of hydrogen-bond acceptors (Lipinski definition) is 3. The average Bonchev–Trinajstić information content (AvgIpc) is 2.27. The van der Waals surface area contributed by atoms with Gasteiger partial charge in [-0.15, -0.1) is 0 Å². The Hall–Kier alpha value is -1.51. The molecule has 2 aromatic heterocycles. The minimum atomic E-state index is 0.385. The van der Waals surface area contributed by atoms with E-state index in [-0.39, 0.29) is 0 Å². The number of rotatable bonds is 2. The van der Waals surface area contributed by atoms with Crippen LogP contribution >= 0.6 is 0 Å². The molecule has 0 aromatic carbocycles. The lowest BCUT2D eigenvalue weighted by Gasteiger charge is -2.09. The van der Waals surface area contributed by atoms with E-state index in [0.717, 1.165) is 28.8 Å². The van der Waals surface area contributed by atoms with E-state index in [1.54, 1.807) is 12.4 Å². The van der Waals surface area contributed by atoms with Crippen LogP contribution in [0.3, 0.4) is 0 Å². The van der Waals surface area contributed by atoms with Crippen molar-refractivity contribution >= 4 is 11.0 Å². The number of fused-ring (bicyclic) bond motifs is 1. The van der Waals surface area contributed by atoms with Crippen LogP contribution in [0.5, 0.6) is 0 Å². The van der Waals surface area contributed by atoms with Crippen LogP contribution in [0.4, 0.5) is 0 Å². The molecule has 0 unspecified atom stereocenters. The topological polar surface area (TPSA) is 38.7 Å². The highest BCUT2D eigenvalue weighted by Gasteiger charge is 2.10.